The number of benzene rings is 2. The van der Waals surface area contributed by atoms with Crippen molar-refractivity contribution < 1.29 is 36.5 Å². The van der Waals surface area contributed by atoms with Crippen LogP contribution in [0.3, 0.4) is 0 Å². The fourth-order valence-electron chi connectivity index (χ4n) is 3.28. The summed E-state index contributed by atoms with van der Waals surface area (Å²) in [6.45, 7) is 13.3. The van der Waals surface area contributed by atoms with Crippen molar-refractivity contribution in [3.63, 3.8) is 0 Å². The average molecular weight is 589 g/mol. The molecule has 0 radical (unpaired) electrons. The quantitative estimate of drug-likeness (QED) is 0.151. The second-order valence-corrected chi connectivity index (χ2v) is 17.3. The van der Waals surface area contributed by atoms with Crippen LogP contribution in [0.25, 0.3) is 21.9 Å². The maximum Gasteiger partial charge on any atom is 0.161 e. The number of rotatable bonds is 1. The van der Waals surface area contributed by atoms with E-state index in [1.165, 1.54) is 16.7 Å². The third-order valence-electron chi connectivity index (χ3n) is 5.22. The van der Waals surface area contributed by atoms with E-state index in [1.54, 1.807) is 29.4 Å². The van der Waals surface area contributed by atoms with E-state index in [4.69, 9.17) is 0 Å². The zero-order chi connectivity index (χ0) is 23.3. The Morgan fingerprint density at radius 2 is 1.45 bits per heavy atom. The van der Waals surface area contributed by atoms with Gasteiger partial charge >= 0.3 is 41.9 Å². The molecule has 0 fully saturated rings. The molecule has 0 heterocycles. The molecule has 1 unspecified atom stereocenters. The van der Waals surface area contributed by atoms with Crippen molar-refractivity contribution in [3.8, 4) is 11.1 Å². The molecule has 3 aromatic carbocycles. The Bertz CT molecular complexity index is 1160. The second-order valence-electron chi connectivity index (χ2n) is 7.88. The molecule has 33 heavy (non-hydrogen) atoms. The van der Waals surface area contributed by atoms with Crippen molar-refractivity contribution in [2.45, 2.75) is 40.8 Å². The van der Waals surface area contributed by atoms with Crippen molar-refractivity contribution in [1.29, 1.82) is 0 Å². The largest absolute Gasteiger partial charge is 0.207 e. The van der Waals surface area contributed by atoms with E-state index in [0.717, 1.165) is 16.8 Å². The molecule has 1 aliphatic carbocycles. The molecule has 0 aliphatic heterocycles. The molecule has 1 aliphatic rings. The van der Waals surface area contributed by atoms with Gasteiger partial charge in [-0.25, -0.2) is 18.7 Å². The normalized spacial score (nSPS) is 14.3. The molecule has 176 valence electrons. The van der Waals surface area contributed by atoms with E-state index in [1.807, 2.05) is 30.3 Å². The molecule has 3 aromatic rings. The van der Waals surface area contributed by atoms with Gasteiger partial charge in [0.2, 0.25) is 0 Å². The van der Waals surface area contributed by atoms with Crippen LogP contribution in [-0.2, 0) is 23.3 Å². The first-order chi connectivity index (χ1) is 14.5. The van der Waals surface area contributed by atoms with Crippen LogP contribution in [0.5, 0.6) is 0 Å². The van der Waals surface area contributed by atoms with Crippen molar-refractivity contribution in [2.75, 3.05) is 0 Å². The van der Waals surface area contributed by atoms with E-state index >= 15 is 0 Å². The smallest absolute Gasteiger partial charge is 0.161 e. The van der Waals surface area contributed by atoms with Gasteiger partial charge < -0.3 is 0 Å². The van der Waals surface area contributed by atoms with E-state index in [2.05, 4.69) is 46.9 Å². The molecule has 0 amide bonds. The minimum absolute atomic E-state index is 0. The van der Waals surface area contributed by atoms with Gasteiger partial charge in [-0.3, -0.25) is 6.08 Å². The molecule has 1 atom stereocenters. The minimum Gasteiger partial charge on any atom is -0.207 e. The van der Waals surface area contributed by atoms with E-state index < -0.39 is 17.5 Å². The van der Waals surface area contributed by atoms with Crippen LogP contribution in [0.4, 0.5) is 13.2 Å². The van der Waals surface area contributed by atoms with E-state index in [-0.39, 0.29) is 35.8 Å². The van der Waals surface area contributed by atoms with Crippen molar-refractivity contribution >= 4 is 41.0 Å². The van der Waals surface area contributed by atoms with Gasteiger partial charge in [0.05, 0.1) is 0 Å². The molecule has 0 N–H and O–H groups in total. The number of fused-ring (bicyclic) bond motifs is 1. The first kappa shape index (κ1) is 32.0. The van der Waals surface area contributed by atoms with Gasteiger partial charge in [0.25, 0.3) is 0 Å². The fraction of sp³-hybridized carbons (Fsp3) is 0.269. The Kier molecular flexibility index (Phi) is 14.0. The summed E-state index contributed by atoms with van der Waals surface area (Å²) >= 11 is 1.74. The Hall–Kier alpha value is -1.00. The summed E-state index contributed by atoms with van der Waals surface area (Å²) in [5.74, 6) is -2.42. The summed E-state index contributed by atoms with van der Waals surface area (Å²) in [6.07, 6.45) is 3.36. The topological polar surface area (TPSA) is 0 Å². The monoisotopic (exact) mass is 586 g/mol. The summed E-state index contributed by atoms with van der Waals surface area (Å²) in [5.41, 5.74) is 5.11. The summed E-state index contributed by atoms with van der Waals surface area (Å²) in [6, 6.07) is 12.4. The second kappa shape index (κ2) is 14.4. The molecule has 0 aromatic heterocycles. The van der Waals surface area contributed by atoms with Crippen LogP contribution in [0.15, 0.2) is 65.3 Å². The molecule has 0 nitrogen and oxygen atoms in total. The van der Waals surface area contributed by atoms with Gasteiger partial charge in [-0.15, -0.1) is 78.4 Å². The van der Waals surface area contributed by atoms with Crippen molar-refractivity contribution in [2.24, 2.45) is 5.92 Å². The molecule has 0 bridgehead atoms. The van der Waals surface area contributed by atoms with E-state index in [0.29, 0.717) is 17.5 Å². The molecular formula is C26H29Cl2F3SiZr. The molecule has 0 spiro atoms. The average Bonchev–Trinajstić information content (AvgIpc) is 3.22. The van der Waals surface area contributed by atoms with Gasteiger partial charge in [0.1, 0.15) is 5.82 Å². The van der Waals surface area contributed by atoms with Gasteiger partial charge in [-0.05, 0) is 11.6 Å². The van der Waals surface area contributed by atoms with Crippen LogP contribution < -0.4 is 0 Å². The third-order valence-corrected chi connectivity index (χ3v) is 5.22. The maximum atomic E-state index is 13.7. The number of hydrogen-bond donors (Lipinski definition) is 0. The number of hydrogen-bond acceptors (Lipinski definition) is 0. The van der Waals surface area contributed by atoms with Gasteiger partial charge in [-0.1, -0.05) is 32.8 Å². The standard InChI is InChI=1S/C15H8F3.C9H13.C2H6Si.2ClH.Zr/c16-13-8-15(18)14(17)7-12(13)11-6-5-9-3-1-2-4-10(9)11;1-6-5-7(2)9(4)8(6)3;1-3-2;;;/h1-8H;6H,1-4H3;1-2H3;2*1H;/q2*-1;;;;+2. The number of halogens is 5. The zero-order valence-electron chi connectivity index (χ0n) is 19.6. The van der Waals surface area contributed by atoms with Crippen molar-refractivity contribution in [1.82, 2.24) is 0 Å². The fourth-order valence-corrected chi connectivity index (χ4v) is 3.28. The molecular weight excluding hydrogens is 559 g/mol. The van der Waals surface area contributed by atoms with Gasteiger partial charge in [-0.2, -0.15) is 11.1 Å². The Balaban J connectivity index is 0.000000580. The van der Waals surface area contributed by atoms with Gasteiger partial charge in [0, 0.05) is 6.07 Å². The summed E-state index contributed by atoms with van der Waals surface area (Å²) < 4.78 is 39.8. The Morgan fingerprint density at radius 3 is 1.94 bits per heavy atom. The van der Waals surface area contributed by atoms with Crippen LogP contribution in [0.2, 0.25) is 13.1 Å². The Morgan fingerprint density at radius 1 is 0.909 bits per heavy atom. The minimum atomic E-state index is -1.17. The summed E-state index contributed by atoms with van der Waals surface area (Å²) in [5, 5.41) is 1.76. The van der Waals surface area contributed by atoms with Crippen LogP contribution in [0, 0.1) is 29.4 Å². The van der Waals surface area contributed by atoms with Crippen LogP contribution in [0.1, 0.15) is 27.7 Å². The van der Waals surface area contributed by atoms with Gasteiger partial charge in [0.15, 0.2) is 11.6 Å². The molecule has 4 rings (SSSR count). The predicted molar refractivity (Wildman–Crippen MR) is 137 cm³/mol. The molecule has 0 saturated heterocycles. The first-order valence-electron chi connectivity index (χ1n) is 10.1. The van der Waals surface area contributed by atoms with Crippen LogP contribution >= 0.6 is 24.8 Å². The number of allylic oxidation sites excluding steroid dienone is 4. The predicted octanol–water partition coefficient (Wildman–Crippen LogP) is 8.99. The summed E-state index contributed by atoms with van der Waals surface area (Å²) in [7, 11) is 0. The van der Waals surface area contributed by atoms with E-state index in [9.17, 15) is 13.2 Å². The van der Waals surface area contributed by atoms with Crippen LogP contribution in [-0.4, -0.2) is 5.43 Å². The molecule has 0 saturated carbocycles. The SMILES string of the molecule is CC1=[C-]C(C)C(C)=C1C.C[Si](C)=[Zr+2].Cl.Cl.Fc1cc(F)c(-c2c[cH-]c3ccccc23)cc1F. The zero-order valence-corrected chi connectivity index (χ0v) is 24.7. The summed E-state index contributed by atoms with van der Waals surface area (Å²) in [4.78, 5) is 0. The van der Waals surface area contributed by atoms with Crippen molar-refractivity contribution in [3.05, 3.63) is 88.8 Å². The Labute approximate surface area is 222 Å². The molecule has 7 heteroatoms. The third kappa shape index (κ3) is 8.62. The maximum absolute atomic E-state index is 13.7. The first-order valence-corrected chi connectivity index (χ1v) is 16.3.